The Labute approximate surface area is 169 Å². The molecule has 3 aliphatic carbocycles. The zero-order valence-corrected chi connectivity index (χ0v) is 16.9. The van der Waals surface area contributed by atoms with Gasteiger partial charge >= 0.3 is 5.97 Å². The zero-order valence-electron chi connectivity index (χ0n) is 16.9. The minimum Gasteiger partial charge on any atom is -0.469 e. The number of ketones is 1. The summed E-state index contributed by atoms with van der Waals surface area (Å²) in [6.07, 6.45) is 3.76. The third-order valence-electron chi connectivity index (χ3n) is 8.54. The summed E-state index contributed by atoms with van der Waals surface area (Å²) in [6.45, 7) is 5.83. The van der Waals surface area contributed by atoms with Crippen LogP contribution < -0.4 is 0 Å². The Kier molecular flexibility index (Phi) is 3.22. The van der Waals surface area contributed by atoms with Gasteiger partial charge in [-0.25, -0.2) is 4.79 Å². The summed E-state index contributed by atoms with van der Waals surface area (Å²) in [5.41, 5.74) is 1.42. The lowest BCUT2D eigenvalue weighted by Crippen LogP contribution is -2.58. The van der Waals surface area contributed by atoms with E-state index in [4.69, 9.17) is 9.15 Å². The average Bonchev–Trinajstić information content (AvgIpc) is 3.13. The van der Waals surface area contributed by atoms with E-state index in [2.05, 4.69) is 11.8 Å². The number of rotatable bonds is 1. The maximum Gasteiger partial charge on any atom is 0.339 e. The Morgan fingerprint density at radius 1 is 1.34 bits per heavy atom. The van der Waals surface area contributed by atoms with E-state index in [9.17, 15) is 14.7 Å². The number of Topliss-reactive ketones (excluding diaryl/α,β-unsaturated/α-hetero) is 1. The van der Waals surface area contributed by atoms with Crippen LogP contribution in [-0.2, 0) is 16.6 Å². The van der Waals surface area contributed by atoms with Crippen molar-refractivity contribution < 1.29 is 23.8 Å². The number of aryl methyl sites for hydroxylation is 1. The van der Waals surface area contributed by atoms with Crippen molar-refractivity contribution >= 4 is 11.8 Å². The third-order valence-corrected chi connectivity index (χ3v) is 8.54. The van der Waals surface area contributed by atoms with E-state index in [1.165, 1.54) is 7.11 Å². The molecule has 0 aromatic carbocycles. The van der Waals surface area contributed by atoms with Gasteiger partial charge in [0.15, 0.2) is 5.78 Å². The van der Waals surface area contributed by atoms with Crippen molar-refractivity contribution in [3.05, 3.63) is 34.8 Å². The number of fused-ring (bicyclic) bond motifs is 1. The first-order valence-electron chi connectivity index (χ1n) is 10.5. The smallest absolute Gasteiger partial charge is 0.339 e. The fraction of sp³-hybridized carbons (Fsp3) is 0.565. The standard InChI is InChI=1S/C23H25NO5/c1-11-9-24-10-12-4-5-14-16-13(6-7-29-14)17(21(26)28-3)18-19(16)22(12,2)15(24)8-23(11,27)20(18)25/h6-7,11-12,15,27H,4-5,8-10H2,1-3H3/t11-,12+,15-,22-,23+/m0/s1. The number of esters is 1. The largest absolute Gasteiger partial charge is 0.469 e. The summed E-state index contributed by atoms with van der Waals surface area (Å²) in [6, 6.07) is 1.84. The fourth-order valence-electron chi connectivity index (χ4n) is 7.00. The molecular formula is C23H25NO5. The molecule has 3 heterocycles. The molecule has 29 heavy (non-hydrogen) atoms. The molecule has 0 aromatic rings. The third kappa shape index (κ3) is 1.82. The Balaban J connectivity index is 1.81. The minimum absolute atomic E-state index is 0.0705. The molecule has 2 saturated heterocycles. The van der Waals surface area contributed by atoms with Gasteiger partial charge in [-0.15, -0.1) is 0 Å². The van der Waals surface area contributed by atoms with Crippen molar-refractivity contribution in [3.63, 3.8) is 0 Å². The van der Waals surface area contributed by atoms with Crippen molar-refractivity contribution in [2.45, 2.75) is 50.2 Å². The molecule has 0 radical (unpaired) electrons. The normalized spacial score (nSPS) is 37.7. The van der Waals surface area contributed by atoms with Gasteiger partial charge in [0.2, 0.25) is 0 Å². The van der Waals surface area contributed by atoms with Crippen LogP contribution in [-0.4, -0.2) is 53.6 Å². The summed E-state index contributed by atoms with van der Waals surface area (Å²) >= 11 is 0. The van der Waals surface area contributed by atoms with Gasteiger partial charge in [-0.1, -0.05) is 13.8 Å². The summed E-state index contributed by atoms with van der Waals surface area (Å²) < 4.78 is 11.0. The average molecular weight is 395 g/mol. The number of aliphatic hydroxyl groups is 1. The molecule has 2 fully saturated rings. The second-order valence-electron chi connectivity index (χ2n) is 9.60. The second kappa shape index (κ2) is 5.29. The molecule has 152 valence electrons. The van der Waals surface area contributed by atoms with Gasteiger partial charge in [0.1, 0.15) is 11.4 Å². The highest BCUT2D eigenvalue weighted by molar-refractivity contribution is 6.18. The molecule has 5 atom stereocenters. The van der Waals surface area contributed by atoms with Crippen LogP contribution >= 0.6 is 0 Å². The minimum atomic E-state index is -1.47. The molecule has 6 rings (SSSR count). The highest BCUT2D eigenvalue weighted by Gasteiger charge is 2.65. The highest BCUT2D eigenvalue weighted by Crippen LogP contribution is 2.61. The topological polar surface area (TPSA) is 80.0 Å². The number of nitrogens with zero attached hydrogens (tertiary/aromatic N) is 1. The Morgan fingerprint density at radius 3 is 2.90 bits per heavy atom. The van der Waals surface area contributed by atoms with Gasteiger partial charge in [-0.3, -0.25) is 9.69 Å². The Hall–Kier alpha value is -2.18. The number of piperidine rings is 1. The monoisotopic (exact) mass is 395 g/mol. The first-order valence-corrected chi connectivity index (χ1v) is 10.5. The zero-order chi connectivity index (χ0) is 20.3. The molecule has 0 amide bonds. The number of methoxy groups -OCH3 is 1. The van der Waals surface area contributed by atoms with Gasteiger partial charge < -0.3 is 14.3 Å². The van der Waals surface area contributed by atoms with Gasteiger partial charge in [0.05, 0.1) is 18.9 Å². The van der Waals surface area contributed by atoms with Gasteiger partial charge in [-0.2, -0.15) is 0 Å². The van der Waals surface area contributed by atoms with E-state index in [1.807, 2.05) is 6.92 Å². The van der Waals surface area contributed by atoms with Crippen LogP contribution in [0.15, 0.2) is 16.7 Å². The quantitative estimate of drug-likeness (QED) is 0.748. The number of ether oxygens (including phenoxy) is 1. The van der Waals surface area contributed by atoms with Crippen molar-refractivity contribution in [1.82, 2.24) is 4.90 Å². The van der Waals surface area contributed by atoms with E-state index < -0.39 is 11.6 Å². The molecular weight excluding hydrogens is 370 g/mol. The van der Waals surface area contributed by atoms with Gasteiger partial charge in [0.25, 0.3) is 0 Å². The molecule has 6 heteroatoms. The molecule has 0 aromatic heterocycles. The molecule has 0 unspecified atom stereocenters. The maximum atomic E-state index is 13.9. The van der Waals surface area contributed by atoms with Gasteiger partial charge in [0, 0.05) is 60.0 Å². The number of carbonyl (C=O) groups is 2. The molecule has 2 bridgehead atoms. The molecule has 0 spiro atoms. The number of hydrogen-bond acceptors (Lipinski definition) is 6. The lowest BCUT2D eigenvalue weighted by atomic mass is 9.66. The first-order chi connectivity index (χ1) is 13.8. The van der Waals surface area contributed by atoms with Crippen molar-refractivity contribution in [3.8, 4) is 11.1 Å². The van der Waals surface area contributed by atoms with Crippen molar-refractivity contribution in [1.29, 1.82) is 0 Å². The summed E-state index contributed by atoms with van der Waals surface area (Å²) in [7, 11) is 1.34. The van der Waals surface area contributed by atoms with Crippen LogP contribution in [0.2, 0.25) is 0 Å². The molecule has 6 aliphatic rings. The van der Waals surface area contributed by atoms with E-state index in [0.29, 0.717) is 35.6 Å². The Bertz CT molecular complexity index is 1060. The fourth-order valence-corrected chi connectivity index (χ4v) is 7.00. The Morgan fingerprint density at radius 2 is 2.14 bits per heavy atom. The van der Waals surface area contributed by atoms with Crippen LogP contribution in [0.4, 0.5) is 0 Å². The van der Waals surface area contributed by atoms with E-state index in [1.54, 1.807) is 12.3 Å². The van der Waals surface area contributed by atoms with Crippen LogP contribution in [0.25, 0.3) is 11.1 Å². The second-order valence-corrected chi connectivity index (χ2v) is 9.60. The van der Waals surface area contributed by atoms with E-state index in [-0.39, 0.29) is 23.2 Å². The molecule has 3 aliphatic heterocycles. The van der Waals surface area contributed by atoms with Gasteiger partial charge in [-0.05, 0) is 24.0 Å². The summed E-state index contributed by atoms with van der Waals surface area (Å²) in [5, 5.41) is 11.7. The molecule has 0 saturated carbocycles. The van der Waals surface area contributed by atoms with Crippen LogP contribution in [0.3, 0.4) is 0 Å². The lowest BCUT2D eigenvalue weighted by molar-refractivity contribution is -0.0581. The summed E-state index contributed by atoms with van der Waals surface area (Å²) in [5.74, 6) is 0.128. The number of carbonyl (C=O) groups excluding carboxylic acids is 2. The SMILES string of the molecule is COC(=O)c1c2ccoc3c-2c2c1C(=O)[C@@]1(O)C[C@@H]4N(C[C@@H](CC3)[C@]24C)C[C@@H]1C. The predicted octanol–water partition coefficient (Wildman–Crippen LogP) is 2.64. The van der Waals surface area contributed by atoms with Crippen LogP contribution in [0, 0.1) is 11.8 Å². The van der Waals surface area contributed by atoms with E-state index >= 15 is 0 Å². The van der Waals surface area contributed by atoms with Crippen LogP contribution in [0.1, 0.15) is 58.7 Å². The van der Waals surface area contributed by atoms with Crippen molar-refractivity contribution in [2.24, 2.45) is 11.8 Å². The predicted molar refractivity (Wildman–Crippen MR) is 104 cm³/mol. The molecule has 6 nitrogen and oxygen atoms in total. The van der Waals surface area contributed by atoms with Crippen molar-refractivity contribution in [2.75, 3.05) is 20.2 Å². The maximum absolute atomic E-state index is 13.9. The molecule has 1 N–H and O–H groups in total. The number of hydrogen-bond donors (Lipinski definition) is 1. The van der Waals surface area contributed by atoms with E-state index in [0.717, 1.165) is 36.3 Å². The summed E-state index contributed by atoms with van der Waals surface area (Å²) in [4.78, 5) is 29.3. The first kappa shape index (κ1) is 17.7. The van der Waals surface area contributed by atoms with Crippen LogP contribution in [0.5, 0.6) is 0 Å². The lowest BCUT2D eigenvalue weighted by Gasteiger charge is -2.46. The highest BCUT2D eigenvalue weighted by atomic mass is 16.5.